The van der Waals surface area contributed by atoms with E-state index in [0.29, 0.717) is 24.5 Å². The first-order valence-electron chi connectivity index (χ1n) is 8.31. The quantitative estimate of drug-likeness (QED) is 0.716. The van der Waals surface area contributed by atoms with Crippen molar-refractivity contribution in [3.05, 3.63) is 0 Å². The number of piperidine rings is 1. The predicted molar refractivity (Wildman–Crippen MR) is 84.8 cm³/mol. The highest BCUT2D eigenvalue weighted by atomic mass is 16.2. The maximum Gasteiger partial charge on any atom is 0.234 e. The van der Waals surface area contributed by atoms with Crippen molar-refractivity contribution in [2.45, 2.75) is 65.5 Å². The second kappa shape index (κ2) is 9.35. The lowest BCUT2D eigenvalue weighted by molar-refractivity contribution is -0.123. The molecule has 0 bridgehead atoms. The summed E-state index contributed by atoms with van der Waals surface area (Å²) in [4.78, 5) is 14.3. The van der Waals surface area contributed by atoms with Crippen molar-refractivity contribution in [1.82, 2.24) is 15.5 Å². The largest absolute Gasteiger partial charge is 0.353 e. The molecule has 1 fully saturated rings. The maximum atomic E-state index is 12.0. The van der Waals surface area contributed by atoms with Crippen LogP contribution in [0.3, 0.4) is 0 Å². The van der Waals surface area contributed by atoms with Crippen LogP contribution in [0.4, 0.5) is 0 Å². The van der Waals surface area contributed by atoms with E-state index in [1.807, 2.05) is 0 Å². The average molecular weight is 283 g/mol. The highest BCUT2D eigenvalue weighted by Crippen LogP contribution is 2.16. The number of carbonyl (C=O) groups is 1. The summed E-state index contributed by atoms with van der Waals surface area (Å²) in [5.41, 5.74) is 0. The Bertz CT molecular complexity index is 283. The van der Waals surface area contributed by atoms with E-state index in [9.17, 15) is 4.79 Å². The number of nitrogens with zero attached hydrogens (tertiary/aromatic N) is 1. The van der Waals surface area contributed by atoms with Gasteiger partial charge in [-0.15, -0.1) is 0 Å². The second-order valence-corrected chi connectivity index (χ2v) is 6.32. The zero-order chi connectivity index (χ0) is 15.0. The fourth-order valence-electron chi connectivity index (χ4n) is 3.04. The molecule has 0 aromatic heterocycles. The van der Waals surface area contributed by atoms with E-state index in [2.05, 4.69) is 43.2 Å². The first-order chi connectivity index (χ1) is 9.56. The van der Waals surface area contributed by atoms with Crippen LogP contribution in [0.25, 0.3) is 0 Å². The molecule has 118 valence electrons. The molecule has 3 atom stereocenters. The number of carbonyl (C=O) groups excluding carboxylic acids is 1. The van der Waals surface area contributed by atoms with Crippen molar-refractivity contribution in [1.29, 1.82) is 0 Å². The van der Waals surface area contributed by atoms with Crippen molar-refractivity contribution < 1.29 is 4.79 Å². The van der Waals surface area contributed by atoms with Crippen LogP contribution in [-0.4, -0.2) is 49.1 Å². The number of likely N-dealkylation sites (tertiary alicyclic amines) is 1. The van der Waals surface area contributed by atoms with E-state index >= 15 is 0 Å². The number of amides is 1. The molecular formula is C16H33N3O. The molecule has 1 heterocycles. The van der Waals surface area contributed by atoms with E-state index in [1.165, 1.54) is 6.42 Å². The van der Waals surface area contributed by atoms with Crippen LogP contribution in [0.5, 0.6) is 0 Å². The Hall–Kier alpha value is -0.610. The van der Waals surface area contributed by atoms with Crippen LogP contribution in [0.1, 0.15) is 53.4 Å². The Morgan fingerprint density at radius 1 is 1.35 bits per heavy atom. The second-order valence-electron chi connectivity index (χ2n) is 6.32. The molecule has 0 aromatic rings. The third kappa shape index (κ3) is 6.23. The standard InChI is InChI=1S/C16H33N3O/c1-5-7-14(4)18-16(20)12-19-10-8-15(13(3)11-19)17-9-6-2/h13-15,17H,5-12H2,1-4H3,(H,18,20). The van der Waals surface area contributed by atoms with Crippen molar-refractivity contribution in [2.24, 2.45) is 5.92 Å². The molecule has 0 saturated carbocycles. The SMILES string of the molecule is CCCNC1CCN(CC(=O)NC(C)CCC)CC1C. The van der Waals surface area contributed by atoms with Gasteiger partial charge in [0.1, 0.15) is 0 Å². The van der Waals surface area contributed by atoms with Crippen LogP contribution < -0.4 is 10.6 Å². The lowest BCUT2D eigenvalue weighted by Crippen LogP contribution is -2.51. The number of nitrogens with one attached hydrogen (secondary N) is 2. The minimum atomic E-state index is 0.179. The molecule has 4 nitrogen and oxygen atoms in total. The molecule has 1 aliphatic heterocycles. The molecule has 3 unspecified atom stereocenters. The first kappa shape index (κ1) is 17.4. The van der Waals surface area contributed by atoms with Gasteiger partial charge in [-0.2, -0.15) is 0 Å². The van der Waals surface area contributed by atoms with Crippen LogP contribution in [-0.2, 0) is 4.79 Å². The number of hydrogen-bond donors (Lipinski definition) is 2. The summed E-state index contributed by atoms with van der Waals surface area (Å²) in [6, 6.07) is 0.918. The monoisotopic (exact) mass is 283 g/mol. The summed E-state index contributed by atoms with van der Waals surface area (Å²) in [6.07, 6.45) is 4.52. The molecule has 4 heteroatoms. The summed E-state index contributed by atoms with van der Waals surface area (Å²) >= 11 is 0. The van der Waals surface area contributed by atoms with Crippen molar-refractivity contribution in [3.63, 3.8) is 0 Å². The number of rotatable bonds is 8. The summed E-state index contributed by atoms with van der Waals surface area (Å²) < 4.78 is 0. The van der Waals surface area contributed by atoms with Gasteiger partial charge in [-0.05, 0) is 38.6 Å². The average Bonchev–Trinajstić information content (AvgIpc) is 2.37. The minimum absolute atomic E-state index is 0.179. The Morgan fingerprint density at radius 2 is 2.10 bits per heavy atom. The molecule has 20 heavy (non-hydrogen) atoms. The van der Waals surface area contributed by atoms with Crippen LogP contribution in [0.2, 0.25) is 0 Å². The van der Waals surface area contributed by atoms with Gasteiger partial charge in [-0.25, -0.2) is 0 Å². The first-order valence-corrected chi connectivity index (χ1v) is 8.31. The number of hydrogen-bond acceptors (Lipinski definition) is 3. The molecule has 2 N–H and O–H groups in total. The van der Waals surface area contributed by atoms with Crippen molar-refractivity contribution in [3.8, 4) is 0 Å². The third-order valence-electron chi connectivity index (χ3n) is 4.14. The Balaban J connectivity index is 2.27. The molecule has 1 rings (SSSR count). The maximum absolute atomic E-state index is 12.0. The minimum Gasteiger partial charge on any atom is -0.353 e. The fourth-order valence-corrected chi connectivity index (χ4v) is 3.04. The highest BCUT2D eigenvalue weighted by Gasteiger charge is 2.26. The summed E-state index contributed by atoms with van der Waals surface area (Å²) in [7, 11) is 0. The van der Waals surface area contributed by atoms with Crippen LogP contribution in [0.15, 0.2) is 0 Å². The topological polar surface area (TPSA) is 44.4 Å². The molecular weight excluding hydrogens is 250 g/mol. The van der Waals surface area contributed by atoms with Gasteiger partial charge >= 0.3 is 0 Å². The smallest absolute Gasteiger partial charge is 0.234 e. The summed E-state index contributed by atoms with van der Waals surface area (Å²) in [6.45, 7) is 12.4. The van der Waals surface area contributed by atoms with E-state index in [0.717, 1.165) is 38.9 Å². The van der Waals surface area contributed by atoms with E-state index in [1.54, 1.807) is 0 Å². The van der Waals surface area contributed by atoms with Gasteiger partial charge in [0.25, 0.3) is 0 Å². The van der Waals surface area contributed by atoms with E-state index in [-0.39, 0.29) is 5.91 Å². The Morgan fingerprint density at radius 3 is 2.70 bits per heavy atom. The molecule has 0 aromatic carbocycles. The lowest BCUT2D eigenvalue weighted by atomic mass is 9.93. The molecule has 1 aliphatic rings. The summed E-state index contributed by atoms with van der Waals surface area (Å²) in [5.74, 6) is 0.800. The highest BCUT2D eigenvalue weighted by molar-refractivity contribution is 5.78. The van der Waals surface area contributed by atoms with Gasteiger partial charge < -0.3 is 10.6 Å². The third-order valence-corrected chi connectivity index (χ3v) is 4.14. The summed E-state index contributed by atoms with van der Waals surface area (Å²) in [5, 5.41) is 6.71. The van der Waals surface area contributed by atoms with Crippen LogP contribution >= 0.6 is 0 Å². The van der Waals surface area contributed by atoms with Gasteiger partial charge in [0.05, 0.1) is 6.54 Å². The zero-order valence-electron chi connectivity index (χ0n) is 13.7. The van der Waals surface area contributed by atoms with Crippen LogP contribution in [0, 0.1) is 5.92 Å². The fraction of sp³-hybridized carbons (Fsp3) is 0.938. The molecule has 1 saturated heterocycles. The molecule has 1 amide bonds. The Labute approximate surface area is 124 Å². The predicted octanol–water partition coefficient (Wildman–Crippen LogP) is 2.00. The van der Waals surface area contributed by atoms with Gasteiger partial charge in [0, 0.05) is 25.2 Å². The molecule has 0 radical (unpaired) electrons. The van der Waals surface area contributed by atoms with Gasteiger partial charge in [0.2, 0.25) is 5.91 Å². The molecule has 0 aliphatic carbocycles. The van der Waals surface area contributed by atoms with E-state index < -0.39 is 0 Å². The van der Waals surface area contributed by atoms with Gasteiger partial charge in [-0.3, -0.25) is 9.69 Å². The van der Waals surface area contributed by atoms with E-state index in [4.69, 9.17) is 0 Å². The van der Waals surface area contributed by atoms with Crippen molar-refractivity contribution in [2.75, 3.05) is 26.2 Å². The van der Waals surface area contributed by atoms with Gasteiger partial charge in [0.15, 0.2) is 0 Å². The normalized spacial score (nSPS) is 25.4. The van der Waals surface area contributed by atoms with Gasteiger partial charge in [-0.1, -0.05) is 27.2 Å². The molecule has 0 spiro atoms. The Kier molecular flexibility index (Phi) is 8.15. The zero-order valence-corrected chi connectivity index (χ0v) is 13.7. The van der Waals surface area contributed by atoms with Crippen molar-refractivity contribution >= 4 is 5.91 Å². The lowest BCUT2D eigenvalue weighted by Gasteiger charge is -2.37.